The monoisotopic (exact) mass is 300 g/mol. The molecule has 3 nitrogen and oxygen atoms in total. The summed E-state index contributed by atoms with van der Waals surface area (Å²) >= 11 is 1.41. The molecule has 1 N–H and O–H groups in total. The second-order valence-corrected chi connectivity index (χ2v) is 6.96. The standard InChI is InChI=1S/C17H20N2OS/c1-12(11-17(2,3)4)13-5-7-14(8-6-13)15(20)19-16-18-9-10-21-16/h5-11H,1-4H3,(H,18,19,20)/b12-11+. The summed E-state index contributed by atoms with van der Waals surface area (Å²) in [6, 6.07) is 7.65. The van der Waals surface area contributed by atoms with Gasteiger partial charge in [-0.2, -0.15) is 0 Å². The molecule has 1 aromatic carbocycles. The molecule has 1 heterocycles. The third kappa shape index (κ3) is 4.53. The first kappa shape index (κ1) is 15.4. The Morgan fingerprint density at radius 1 is 1.19 bits per heavy atom. The summed E-state index contributed by atoms with van der Waals surface area (Å²) in [5.41, 5.74) is 3.13. The number of nitrogens with one attached hydrogen (secondary N) is 1. The number of carbonyl (C=O) groups is 1. The first-order chi connectivity index (χ1) is 9.85. The Balaban J connectivity index is 2.12. The number of thiazole rings is 1. The van der Waals surface area contributed by atoms with Crippen LogP contribution in [0.25, 0.3) is 5.57 Å². The molecule has 0 fully saturated rings. The van der Waals surface area contributed by atoms with Gasteiger partial charge in [-0.3, -0.25) is 10.1 Å². The van der Waals surface area contributed by atoms with Crippen molar-refractivity contribution in [2.45, 2.75) is 27.7 Å². The largest absolute Gasteiger partial charge is 0.298 e. The molecule has 1 aromatic heterocycles. The predicted octanol–water partition coefficient (Wildman–Crippen LogP) is 4.84. The molecule has 0 aliphatic carbocycles. The third-order valence-electron chi connectivity index (χ3n) is 2.90. The van der Waals surface area contributed by atoms with E-state index < -0.39 is 0 Å². The highest BCUT2D eigenvalue weighted by Gasteiger charge is 2.09. The number of hydrogen-bond acceptors (Lipinski definition) is 3. The zero-order valence-electron chi connectivity index (χ0n) is 12.8. The molecule has 21 heavy (non-hydrogen) atoms. The first-order valence-electron chi connectivity index (χ1n) is 6.86. The molecule has 0 aliphatic rings. The number of benzene rings is 1. The van der Waals surface area contributed by atoms with Gasteiger partial charge in [-0.25, -0.2) is 4.98 Å². The van der Waals surface area contributed by atoms with E-state index in [-0.39, 0.29) is 11.3 Å². The van der Waals surface area contributed by atoms with Crippen molar-refractivity contribution < 1.29 is 4.79 Å². The lowest BCUT2D eigenvalue weighted by molar-refractivity contribution is 0.102. The van der Waals surface area contributed by atoms with Gasteiger partial charge in [0.1, 0.15) is 0 Å². The number of aromatic nitrogens is 1. The van der Waals surface area contributed by atoms with Crippen LogP contribution in [0.3, 0.4) is 0 Å². The Kier molecular flexibility index (Phi) is 4.58. The van der Waals surface area contributed by atoms with Gasteiger partial charge in [-0.05, 0) is 35.6 Å². The summed E-state index contributed by atoms with van der Waals surface area (Å²) < 4.78 is 0. The van der Waals surface area contributed by atoms with Crippen molar-refractivity contribution in [3.63, 3.8) is 0 Å². The number of amides is 1. The number of hydrogen-bond donors (Lipinski definition) is 1. The van der Waals surface area contributed by atoms with Crippen molar-refractivity contribution in [3.05, 3.63) is 53.0 Å². The predicted molar refractivity (Wildman–Crippen MR) is 89.6 cm³/mol. The summed E-state index contributed by atoms with van der Waals surface area (Å²) in [4.78, 5) is 16.1. The maximum Gasteiger partial charge on any atom is 0.257 e. The Morgan fingerprint density at radius 3 is 2.33 bits per heavy atom. The number of carbonyl (C=O) groups excluding carboxylic acids is 1. The summed E-state index contributed by atoms with van der Waals surface area (Å²) in [5.74, 6) is -0.131. The zero-order chi connectivity index (χ0) is 15.5. The average molecular weight is 300 g/mol. The highest BCUT2D eigenvalue weighted by Crippen LogP contribution is 2.23. The smallest absolute Gasteiger partial charge is 0.257 e. The summed E-state index contributed by atoms with van der Waals surface area (Å²) in [6.07, 6.45) is 3.90. The maximum atomic E-state index is 12.1. The van der Waals surface area contributed by atoms with Crippen LogP contribution in [0.4, 0.5) is 5.13 Å². The molecular formula is C17H20N2OS. The molecule has 0 saturated carbocycles. The lowest BCUT2D eigenvalue weighted by Crippen LogP contribution is -2.11. The number of rotatable bonds is 3. The topological polar surface area (TPSA) is 42.0 Å². The van der Waals surface area contributed by atoms with Gasteiger partial charge in [0.2, 0.25) is 0 Å². The van der Waals surface area contributed by atoms with E-state index in [0.717, 1.165) is 5.56 Å². The second-order valence-electron chi connectivity index (χ2n) is 6.06. The Hall–Kier alpha value is -1.94. The van der Waals surface area contributed by atoms with Crippen LogP contribution in [-0.4, -0.2) is 10.9 Å². The summed E-state index contributed by atoms with van der Waals surface area (Å²) in [6.45, 7) is 8.61. The SMILES string of the molecule is C/C(=C\C(C)(C)C)c1ccc(C(=O)Nc2nccs2)cc1. The fraction of sp³-hybridized carbons (Fsp3) is 0.294. The van der Waals surface area contributed by atoms with E-state index in [0.29, 0.717) is 10.7 Å². The minimum absolute atomic E-state index is 0.131. The van der Waals surface area contributed by atoms with Crippen molar-refractivity contribution in [1.82, 2.24) is 4.98 Å². The minimum atomic E-state index is -0.131. The molecular weight excluding hydrogens is 280 g/mol. The Bertz CT molecular complexity index is 634. The molecule has 0 radical (unpaired) electrons. The molecule has 0 bridgehead atoms. The summed E-state index contributed by atoms with van der Waals surface area (Å²) in [7, 11) is 0. The minimum Gasteiger partial charge on any atom is -0.298 e. The van der Waals surface area contributed by atoms with Crippen LogP contribution in [0.5, 0.6) is 0 Å². The molecule has 2 aromatic rings. The van der Waals surface area contributed by atoms with Crippen LogP contribution in [0.1, 0.15) is 43.6 Å². The zero-order valence-corrected chi connectivity index (χ0v) is 13.6. The van der Waals surface area contributed by atoms with Crippen LogP contribution in [-0.2, 0) is 0 Å². The van der Waals surface area contributed by atoms with Crippen molar-refractivity contribution >= 4 is 27.9 Å². The number of anilines is 1. The van der Waals surface area contributed by atoms with E-state index in [2.05, 4.69) is 44.1 Å². The van der Waals surface area contributed by atoms with Gasteiger partial charge in [0, 0.05) is 17.1 Å². The van der Waals surface area contributed by atoms with Crippen molar-refractivity contribution in [2.75, 3.05) is 5.32 Å². The van der Waals surface area contributed by atoms with Gasteiger partial charge >= 0.3 is 0 Å². The fourth-order valence-corrected chi connectivity index (χ4v) is 2.60. The van der Waals surface area contributed by atoms with Gasteiger partial charge in [-0.1, -0.05) is 39.0 Å². The van der Waals surface area contributed by atoms with Crippen molar-refractivity contribution in [2.24, 2.45) is 5.41 Å². The molecule has 0 aliphatic heterocycles. The maximum absolute atomic E-state index is 12.1. The number of allylic oxidation sites excluding steroid dienone is 2. The highest BCUT2D eigenvalue weighted by atomic mass is 32.1. The van der Waals surface area contributed by atoms with E-state index in [1.807, 2.05) is 29.6 Å². The van der Waals surface area contributed by atoms with Gasteiger partial charge in [-0.15, -0.1) is 11.3 Å². The highest BCUT2D eigenvalue weighted by molar-refractivity contribution is 7.13. The van der Waals surface area contributed by atoms with E-state index in [9.17, 15) is 4.79 Å². The molecule has 0 unspecified atom stereocenters. The third-order valence-corrected chi connectivity index (χ3v) is 3.59. The molecule has 2 rings (SSSR count). The van der Waals surface area contributed by atoms with Gasteiger partial charge < -0.3 is 0 Å². The van der Waals surface area contributed by atoms with Crippen LogP contribution < -0.4 is 5.32 Å². The molecule has 0 saturated heterocycles. The molecule has 0 atom stereocenters. The van der Waals surface area contributed by atoms with Gasteiger partial charge in [0.15, 0.2) is 5.13 Å². The lowest BCUT2D eigenvalue weighted by Gasteiger charge is -2.14. The van der Waals surface area contributed by atoms with E-state index in [4.69, 9.17) is 0 Å². The molecule has 0 spiro atoms. The average Bonchev–Trinajstić information content (AvgIpc) is 2.90. The quantitative estimate of drug-likeness (QED) is 0.880. The Labute approximate surface area is 129 Å². The fourth-order valence-electron chi connectivity index (χ4n) is 2.07. The van der Waals surface area contributed by atoms with Crippen LogP contribution in [0.2, 0.25) is 0 Å². The first-order valence-corrected chi connectivity index (χ1v) is 7.74. The van der Waals surface area contributed by atoms with Gasteiger partial charge in [0.25, 0.3) is 5.91 Å². The van der Waals surface area contributed by atoms with Crippen molar-refractivity contribution in [1.29, 1.82) is 0 Å². The van der Waals surface area contributed by atoms with Crippen LogP contribution >= 0.6 is 11.3 Å². The molecule has 4 heteroatoms. The lowest BCUT2D eigenvalue weighted by atomic mass is 9.91. The second kappa shape index (κ2) is 6.22. The van der Waals surface area contributed by atoms with Crippen LogP contribution in [0, 0.1) is 5.41 Å². The van der Waals surface area contributed by atoms with E-state index >= 15 is 0 Å². The molecule has 1 amide bonds. The van der Waals surface area contributed by atoms with E-state index in [1.54, 1.807) is 6.20 Å². The number of nitrogens with zero attached hydrogens (tertiary/aromatic N) is 1. The van der Waals surface area contributed by atoms with Crippen molar-refractivity contribution in [3.8, 4) is 0 Å². The molecule has 110 valence electrons. The summed E-state index contributed by atoms with van der Waals surface area (Å²) in [5, 5.41) is 5.23. The van der Waals surface area contributed by atoms with Gasteiger partial charge in [0.05, 0.1) is 0 Å². The Morgan fingerprint density at radius 2 is 1.81 bits per heavy atom. The van der Waals surface area contributed by atoms with E-state index in [1.165, 1.54) is 16.9 Å². The normalized spacial score (nSPS) is 12.3. The van der Waals surface area contributed by atoms with Crippen LogP contribution in [0.15, 0.2) is 41.9 Å².